The van der Waals surface area contributed by atoms with Crippen molar-refractivity contribution < 1.29 is 14.7 Å². The summed E-state index contributed by atoms with van der Waals surface area (Å²) >= 11 is 5.97. The molecule has 1 aromatic carbocycles. The Kier molecular flexibility index (Phi) is 6.18. The average Bonchev–Trinajstić information content (AvgIpc) is 2.39. The van der Waals surface area contributed by atoms with Gasteiger partial charge in [-0.25, -0.2) is 4.79 Å². The number of hydrogen-bond acceptors (Lipinski definition) is 3. The van der Waals surface area contributed by atoms with Crippen LogP contribution in [0.15, 0.2) is 18.2 Å². The smallest absolute Gasteiger partial charge is 0.335 e. The predicted octanol–water partition coefficient (Wildman–Crippen LogP) is 2.95. The highest BCUT2D eigenvalue weighted by atomic mass is 35.5. The first kappa shape index (κ1) is 17.5. The van der Waals surface area contributed by atoms with E-state index < -0.39 is 5.97 Å². The number of rotatable bonds is 6. The largest absolute Gasteiger partial charge is 0.478 e. The van der Waals surface area contributed by atoms with Crippen LogP contribution in [-0.2, 0) is 4.79 Å². The summed E-state index contributed by atoms with van der Waals surface area (Å²) in [6, 6.07) is 4.47. The Hall–Kier alpha value is -1.59. The van der Waals surface area contributed by atoms with Gasteiger partial charge >= 0.3 is 5.97 Å². The summed E-state index contributed by atoms with van der Waals surface area (Å²) in [6.07, 6.45) is 0. The van der Waals surface area contributed by atoms with Crippen molar-refractivity contribution in [1.29, 1.82) is 0 Å². The number of likely N-dealkylation sites (N-methyl/N-ethyl adjacent to an activating group) is 1. The molecule has 5 nitrogen and oxygen atoms in total. The maximum absolute atomic E-state index is 12.0. The minimum atomic E-state index is -1.06. The van der Waals surface area contributed by atoms with Gasteiger partial charge in [-0.2, -0.15) is 0 Å². The third kappa shape index (κ3) is 5.02. The lowest BCUT2D eigenvalue weighted by Gasteiger charge is -2.27. The predicted molar refractivity (Wildman–Crippen MR) is 84.0 cm³/mol. The zero-order chi connectivity index (χ0) is 16.2. The number of halogens is 1. The van der Waals surface area contributed by atoms with E-state index in [-0.39, 0.29) is 24.1 Å². The number of carbonyl (C=O) groups excluding carboxylic acids is 1. The summed E-state index contributed by atoms with van der Waals surface area (Å²) in [4.78, 5) is 24.9. The summed E-state index contributed by atoms with van der Waals surface area (Å²) in [7, 11) is 1.87. The third-order valence-electron chi connectivity index (χ3n) is 3.54. The Labute approximate surface area is 129 Å². The molecule has 1 atom stereocenters. The number of nitrogens with zero attached hydrogens (tertiary/aromatic N) is 1. The van der Waals surface area contributed by atoms with Crippen molar-refractivity contribution in [2.24, 2.45) is 5.92 Å². The second-order valence-corrected chi connectivity index (χ2v) is 5.85. The lowest BCUT2D eigenvalue weighted by molar-refractivity contribution is -0.117. The standard InChI is InChI=1S/C15H21ClN2O3/c1-9(2)10(3)18(4)8-14(19)17-13-7-11(15(20)21)5-6-12(13)16/h5-7,9-10H,8H2,1-4H3,(H,17,19)(H,20,21). The van der Waals surface area contributed by atoms with Crippen LogP contribution in [0.3, 0.4) is 0 Å². The van der Waals surface area contributed by atoms with E-state index in [1.165, 1.54) is 18.2 Å². The molecular formula is C15H21ClN2O3. The second-order valence-electron chi connectivity index (χ2n) is 5.45. The van der Waals surface area contributed by atoms with Gasteiger partial charge in [0.1, 0.15) is 0 Å². The lowest BCUT2D eigenvalue weighted by atomic mass is 10.1. The van der Waals surface area contributed by atoms with Crippen molar-refractivity contribution in [3.8, 4) is 0 Å². The van der Waals surface area contributed by atoms with Gasteiger partial charge in [0.25, 0.3) is 0 Å². The maximum Gasteiger partial charge on any atom is 0.335 e. The molecule has 0 saturated carbocycles. The molecule has 6 heteroatoms. The van der Waals surface area contributed by atoms with Crippen LogP contribution < -0.4 is 5.32 Å². The quantitative estimate of drug-likeness (QED) is 0.847. The van der Waals surface area contributed by atoms with Gasteiger partial charge in [0.15, 0.2) is 0 Å². The minimum Gasteiger partial charge on any atom is -0.478 e. The van der Waals surface area contributed by atoms with Crippen molar-refractivity contribution in [3.05, 3.63) is 28.8 Å². The van der Waals surface area contributed by atoms with E-state index in [4.69, 9.17) is 16.7 Å². The van der Waals surface area contributed by atoms with Crippen LogP contribution in [0.25, 0.3) is 0 Å². The van der Waals surface area contributed by atoms with Gasteiger partial charge in [-0.3, -0.25) is 9.69 Å². The molecule has 0 fully saturated rings. The Morgan fingerprint density at radius 1 is 1.33 bits per heavy atom. The highest BCUT2D eigenvalue weighted by molar-refractivity contribution is 6.33. The molecule has 116 valence electrons. The number of nitrogens with one attached hydrogen (secondary N) is 1. The maximum atomic E-state index is 12.0. The van der Waals surface area contributed by atoms with Crippen LogP contribution in [-0.4, -0.2) is 41.5 Å². The lowest BCUT2D eigenvalue weighted by Crippen LogP contribution is -2.39. The van der Waals surface area contributed by atoms with Gasteiger partial charge in [-0.15, -0.1) is 0 Å². The molecule has 1 aromatic rings. The average molecular weight is 313 g/mol. The fourth-order valence-corrected chi connectivity index (χ4v) is 1.99. The number of hydrogen-bond donors (Lipinski definition) is 2. The summed E-state index contributed by atoms with van der Waals surface area (Å²) in [6.45, 7) is 6.45. The summed E-state index contributed by atoms with van der Waals surface area (Å²) in [5, 5.41) is 11.9. The zero-order valence-corrected chi connectivity index (χ0v) is 13.4. The summed E-state index contributed by atoms with van der Waals surface area (Å²) < 4.78 is 0. The molecule has 1 rings (SSSR count). The first-order chi connectivity index (χ1) is 9.72. The number of carbonyl (C=O) groups is 2. The molecule has 0 bridgehead atoms. The molecule has 0 saturated heterocycles. The Balaban J connectivity index is 2.75. The Morgan fingerprint density at radius 2 is 1.95 bits per heavy atom. The van der Waals surface area contributed by atoms with Gasteiger partial charge in [0.2, 0.25) is 5.91 Å². The molecule has 0 aliphatic carbocycles. The van der Waals surface area contributed by atoms with Gasteiger partial charge in [-0.1, -0.05) is 25.4 Å². The van der Waals surface area contributed by atoms with Gasteiger partial charge in [-0.05, 0) is 38.1 Å². The fraction of sp³-hybridized carbons (Fsp3) is 0.467. The molecule has 0 radical (unpaired) electrons. The molecule has 0 aromatic heterocycles. The second kappa shape index (κ2) is 7.43. The van der Waals surface area contributed by atoms with Gasteiger partial charge in [0.05, 0.1) is 22.8 Å². The van der Waals surface area contributed by atoms with Crippen molar-refractivity contribution >= 4 is 29.2 Å². The molecule has 21 heavy (non-hydrogen) atoms. The molecule has 0 heterocycles. The van der Waals surface area contributed by atoms with Crippen molar-refractivity contribution in [1.82, 2.24) is 4.90 Å². The third-order valence-corrected chi connectivity index (χ3v) is 3.87. The van der Waals surface area contributed by atoms with Crippen LogP contribution in [0.1, 0.15) is 31.1 Å². The highest BCUT2D eigenvalue weighted by Crippen LogP contribution is 2.23. The zero-order valence-electron chi connectivity index (χ0n) is 12.7. The van der Waals surface area contributed by atoms with E-state index in [0.717, 1.165) is 0 Å². The van der Waals surface area contributed by atoms with Crippen LogP contribution in [0.4, 0.5) is 5.69 Å². The van der Waals surface area contributed by atoms with E-state index >= 15 is 0 Å². The molecule has 0 spiro atoms. The molecule has 1 unspecified atom stereocenters. The Bertz CT molecular complexity index is 532. The first-order valence-electron chi connectivity index (χ1n) is 6.75. The van der Waals surface area contributed by atoms with E-state index in [9.17, 15) is 9.59 Å². The highest BCUT2D eigenvalue weighted by Gasteiger charge is 2.17. The van der Waals surface area contributed by atoms with Crippen LogP contribution in [0.2, 0.25) is 5.02 Å². The van der Waals surface area contributed by atoms with Crippen LogP contribution in [0, 0.1) is 5.92 Å². The number of carboxylic acids is 1. The number of carboxylic acid groups (broad SMARTS) is 1. The number of aromatic carboxylic acids is 1. The SMILES string of the molecule is CC(C)C(C)N(C)CC(=O)Nc1cc(C(=O)O)ccc1Cl. The molecular weight excluding hydrogens is 292 g/mol. The number of amides is 1. The summed E-state index contributed by atoms with van der Waals surface area (Å²) in [5.74, 6) is -0.858. The monoisotopic (exact) mass is 312 g/mol. The first-order valence-corrected chi connectivity index (χ1v) is 7.13. The molecule has 0 aliphatic rings. The topological polar surface area (TPSA) is 69.6 Å². The van der Waals surface area contributed by atoms with Crippen LogP contribution >= 0.6 is 11.6 Å². The van der Waals surface area contributed by atoms with Crippen molar-refractivity contribution in [2.45, 2.75) is 26.8 Å². The van der Waals surface area contributed by atoms with E-state index in [0.29, 0.717) is 16.6 Å². The number of benzene rings is 1. The van der Waals surface area contributed by atoms with Gasteiger partial charge < -0.3 is 10.4 Å². The molecule has 1 amide bonds. The van der Waals surface area contributed by atoms with Gasteiger partial charge in [0, 0.05) is 6.04 Å². The van der Waals surface area contributed by atoms with E-state index in [2.05, 4.69) is 26.1 Å². The molecule has 2 N–H and O–H groups in total. The van der Waals surface area contributed by atoms with Crippen LogP contribution in [0.5, 0.6) is 0 Å². The van der Waals surface area contributed by atoms with Crippen molar-refractivity contribution in [2.75, 3.05) is 18.9 Å². The normalized spacial score (nSPS) is 12.5. The van der Waals surface area contributed by atoms with Crippen molar-refractivity contribution in [3.63, 3.8) is 0 Å². The van der Waals surface area contributed by atoms with E-state index in [1.807, 2.05) is 11.9 Å². The van der Waals surface area contributed by atoms with E-state index in [1.54, 1.807) is 0 Å². The minimum absolute atomic E-state index is 0.0820. The Morgan fingerprint density at radius 3 is 2.48 bits per heavy atom. The fourth-order valence-electron chi connectivity index (χ4n) is 1.82. The summed E-state index contributed by atoms with van der Waals surface area (Å²) in [5.41, 5.74) is 0.394. The number of anilines is 1. The molecule has 0 aliphatic heterocycles.